The fourth-order valence-corrected chi connectivity index (χ4v) is 2.44. The summed E-state index contributed by atoms with van der Waals surface area (Å²) in [4.78, 5) is 11.9. The molecule has 2 aromatic carbocycles. The van der Waals surface area contributed by atoms with Gasteiger partial charge in [0.15, 0.2) is 5.75 Å². The van der Waals surface area contributed by atoms with E-state index in [1.165, 1.54) is 31.4 Å². The molecule has 0 aliphatic carbocycles. The van der Waals surface area contributed by atoms with Crippen LogP contribution in [0.2, 0.25) is 0 Å². The number of esters is 1. The van der Waals surface area contributed by atoms with Crippen molar-refractivity contribution in [1.29, 1.82) is 5.26 Å². The molecule has 0 aliphatic heterocycles. The molecule has 0 fully saturated rings. The number of carbonyl (C=O) groups is 1. The zero-order valence-corrected chi connectivity index (χ0v) is 16.6. The molecule has 0 amide bonds. The summed E-state index contributed by atoms with van der Waals surface area (Å²) in [5.74, 6) is -12.9. The molecule has 0 aliphatic rings. The highest BCUT2D eigenvalue weighted by Crippen LogP contribution is 2.31. The number of carbonyl (C=O) groups excluding carboxylic acids is 1. The highest BCUT2D eigenvalue weighted by molar-refractivity contribution is 5.98. The van der Waals surface area contributed by atoms with E-state index in [0.717, 1.165) is 0 Å². The Kier molecular flexibility index (Phi) is 7.58. The van der Waals surface area contributed by atoms with Crippen LogP contribution in [0.1, 0.15) is 25.0 Å². The van der Waals surface area contributed by atoms with Crippen molar-refractivity contribution in [2.24, 2.45) is 0 Å². The second kappa shape index (κ2) is 9.93. The van der Waals surface area contributed by atoms with Gasteiger partial charge in [0.25, 0.3) is 0 Å². The molecule has 0 unspecified atom stereocenters. The number of hydrogen-bond donors (Lipinski definition) is 0. The first-order valence-electron chi connectivity index (χ1n) is 8.74. The van der Waals surface area contributed by atoms with Gasteiger partial charge in [-0.3, -0.25) is 0 Å². The lowest BCUT2D eigenvalue weighted by atomic mass is 10.1. The Morgan fingerprint density at radius 3 is 2.16 bits per heavy atom. The first-order valence-corrected chi connectivity index (χ1v) is 8.74. The van der Waals surface area contributed by atoms with Crippen LogP contribution in [0.25, 0.3) is 6.08 Å². The Labute approximate surface area is 174 Å². The summed E-state index contributed by atoms with van der Waals surface area (Å²) in [6, 6.07) is 5.93. The summed E-state index contributed by atoms with van der Waals surface area (Å²) in [6.45, 7) is 2.58. The number of rotatable bonds is 7. The van der Waals surface area contributed by atoms with E-state index in [1.54, 1.807) is 19.9 Å². The highest BCUT2D eigenvalue weighted by Gasteiger charge is 2.27. The number of nitrogens with zero attached hydrogens (tertiary/aromatic N) is 1. The van der Waals surface area contributed by atoms with Gasteiger partial charge in [0.2, 0.25) is 29.1 Å². The minimum atomic E-state index is -2.30. The molecule has 2 aromatic rings. The Balaban J connectivity index is 2.38. The standard InChI is InChI=1S/C21H16F5NO4/c1-10(2)31-21(28)12(8-27)6-11-4-5-14(29-3)13(7-11)9-30-20-18(25)16(23)15(22)17(24)19(20)26/h4-7,10H,9H2,1-3H3. The Hall–Kier alpha value is -3.61. The van der Waals surface area contributed by atoms with E-state index in [1.807, 2.05) is 0 Å². The Morgan fingerprint density at radius 1 is 1.06 bits per heavy atom. The lowest BCUT2D eigenvalue weighted by Crippen LogP contribution is -2.12. The van der Waals surface area contributed by atoms with Crippen molar-refractivity contribution in [3.05, 3.63) is 64.0 Å². The number of nitriles is 1. The van der Waals surface area contributed by atoms with Crippen LogP contribution in [0.3, 0.4) is 0 Å². The lowest BCUT2D eigenvalue weighted by molar-refractivity contribution is -0.142. The highest BCUT2D eigenvalue weighted by atomic mass is 19.2. The van der Waals surface area contributed by atoms with Crippen LogP contribution in [-0.2, 0) is 16.1 Å². The normalized spacial score (nSPS) is 11.3. The molecule has 0 aromatic heterocycles. The number of ether oxygens (including phenoxy) is 3. The molecule has 5 nitrogen and oxygen atoms in total. The van der Waals surface area contributed by atoms with Crippen molar-refractivity contribution in [1.82, 2.24) is 0 Å². The number of benzene rings is 2. The number of halogens is 5. The van der Waals surface area contributed by atoms with Gasteiger partial charge in [-0.2, -0.15) is 14.0 Å². The van der Waals surface area contributed by atoms with Gasteiger partial charge in [-0.1, -0.05) is 6.07 Å². The summed E-state index contributed by atoms with van der Waals surface area (Å²) in [6.07, 6.45) is 0.747. The fraction of sp³-hybridized carbons (Fsp3) is 0.238. The van der Waals surface area contributed by atoms with E-state index in [4.69, 9.17) is 14.2 Å². The SMILES string of the molecule is COc1ccc(C=C(C#N)C(=O)OC(C)C)cc1COc1c(F)c(F)c(F)c(F)c1F. The zero-order valence-electron chi connectivity index (χ0n) is 16.6. The average Bonchev–Trinajstić information content (AvgIpc) is 2.74. The first-order chi connectivity index (χ1) is 14.6. The van der Waals surface area contributed by atoms with Gasteiger partial charge in [0.1, 0.15) is 24.0 Å². The van der Waals surface area contributed by atoms with Crippen LogP contribution >= 0.6 is 0 Å². The molecule has 10 heteroatoms. The maximum atomic E-state index is 13.8. The van der Waals surface area contributed by atoms with Gasteiger partial charge < -0.3 is 14.2 Å². The predicted molar refractivity (Wildman–Crippen MR) is 98.4 cm³/mol. The molecule has 0 radical (unpaired) electrons. The minimum absolute atomic E-state index is 0.148. The Morgan fingerprint density at radius 2 is 1.65 bits per heavy atom. The molecule has 0 N–H and O–H groups in total. The maximum Gasteiger partial charge on any atom is 0.349 e. The van der Waals surface area contributed by atoms with Crippen molar-refractivity contribution < 1.29 is 41.0 Å². The van der Waals surface area contributed by atoms with E-state index in [-0.39, 0.29) is 16.9 Å². The lowest BCUT2D eigenvalue weighted by Gasteiger charge is -2.13. The summed E-state index contributed by atoms with van der Waals surface area (Å²) >= 11 is 0. The fourth-order valence-electron chi connectivity index (χ4n) is 2.44. The van der Waals surface area contributed by atoms with Crippen LogP contribution < -0.4 is 9.47 Å². The third-order valence-corrected chi connectivity index (χ3v) is 3.84. The summed E-state index contributed by atoms with van der Waals surface area (Å²) < 4.78 is 82.3. The van der Waals surface area contributed by atoms with Gasteiger partial charge in [-0.15, -0.1) is 0 Å². The van der Waals surface area contributed by atoms with Crippen LogP contribution in [0.4, 0.5) is 22.0 Å². The van der Waals surface area contributed by atoms with Crippen LogP contribution in [0.5, 0.6) is 11.5 Å². The summed E-state index contributed by atoms with van der Waals surface area (Å²) in [5, 5.41) is 9.17. The number of methoxy groups -OCH3 is 1. The van der Waals surface area contributed by atoms with Crippen LogP contribution in [0, 0.1) is 40.4 Å². The summed E-state index contributed by atoms with van der Waals surface area (Å²) in [5.41, 5.74) is 0.134. The van der Waals surface area contributed by atoms with Crippen molar-refractivity contribution in [3.8, 4) is 17.6 Å². The van der Waals surface area contributed by atoms with Crippen molar-refractivity contribution in [2.45, 2.75) is 26.6 Å². The van der Waals surface area contributed by atoms with Gasteiger partial charge in [0.05, 0.1) is 13.2 Å². The molecule has 0 saturated heterocycles. The predicted octanol–water partition coefficient (Wildman–Crippen LogP) is 4.83. The van der Waals surface area contributed by atoms with Gasteiger partial charge in [0, 0.05) is 5.56 Å². The largest absolute Gasteiger partial charge is 0.496 e. The number of hydrogen-bond acceptors (Lipinski definition) is 5. The second-order valence-electron chi connectivity index (χ2n) is 6.38. The second-order valence-corrected chi connectivity index (χ2v) is 6.38. The van der Waals surface area contributed by atoms with E-state index < -0.39 is 53.5 Å². The van der Waals surface area contributed by atoms with Gasteiger partial charge in [-0.25, -0.2) is 18.0 Å². The van der Waals surface area contributed by atoms with Crippen LogP contribution in [0.15, 0.2) is 23.8 Å². The molecule has 0 spiro atoms. The molecular formula is C21H16F5NO4. The van der Waals surface area contributed by atoms with E-state index in [2.05, 4.69) is 0 Å². The van der Waals surface area contributed by atoms with E-state index >= 15 is 0 Å². The third kappa shape index (κ3) is 5.31. The molecule has 0 saturated carbocycles. The minimum Gasteiger partial charge on any atom is -0.496 e. The van der Waals surface area contributed by atoms with E-state index in [0.29, 0.717) is 5.56 Å². The average molecular weight is 441 g/mol. The first kappa shape index (κ1) is 23.7. The molecule has 0 heterocycles. The Bertz CT molecular complexity index is 1050. The molecule has 164 valence electrons. The third-order valence-electron chi connectivity index (χ3n) is 3.84. The van der Waals surface area contributed by atoms with Gasteiger partial charge >= 0.3 is 5.97 Å². The monoisotopic (exact) mass is 441 g/mol. The van der Waals surface area contributed by atoms with E-state index in [9.17, 15) is 32.0 Å². The zero-order chi connectivity index (χ0) is 23.3. The maximum absolute atomic E-state index is 13.8. The summed E-state index contributed by atoms with van der Waals surface area (Å²) in [7, 11) is 1.29. The van der Waals surface area contributed by atoms with Crippen molar-refractivity contribution in [2.75, 3.05) is 7.11 Å². The molecule has 0 atom stereocenters. The molecule has 2 rings (SSSR count). The quantitative estimate of drug-likeness (QED) is 0.154. The smallest absolute Gasteiger partial charge is 0.349 e. The molecular weight excluding hydrogens is 425 g/mol. The van der Waals surface area contributed by atoms with Crippen molar-refractivity contribution in [3.63, 3.8) is 0 Å². The van der Waals surface area contributed by atoms with Gasteiger partial charge in [-0.05, 0) is 37.6 Å². The van der Waals surface area contributed by atoms with Crippen LogP contribution in [-0.4, -0.2) is 19.2 Å². The molecule has 31 heavy (non-hydrogen) atoms. The topological polar surface area (TPSA) is 68.5 Å². The molecule has 0 bridgehead atoms. The van der Waals surface area contributed by atoms with Crippen molar-refractivity contribution >= 4 is 12.0 Å².